The Hall–Kier alpha value is -1.17. The number of fused-ring (bicyclic) bond motifs is 1. The Morgan fingerprint density at radius 1 is 1.36 bits per heavy atom. The van der Waals surface area contributed by atoms with Gasteiger partial charge in [-0.1, -0.05) is 33.8 Å². The third kappa shape index (κ3) is 3.97. The average Bonchev–Trinajstić information content (AvgIpc) is 2.82. The molecule has 2 radical (unpaired) electrons. The van der Waals surface area contributed by atoms with Gasteiger partial charge in [-0.15, -0.1) is 0 Å². The lowest BCUT2D eigenvalue weighted by atomic mass is 9.99. The molecular weight excluding hydrogens is 294 g/mol. The van der Waals surface area contributed by atoms with Crippen molar-refractivity contribution in [3.63, 3.8) is 0 Å². The third-order valence-corrected chi connectivity index (χ3v) is 5.70. The maximum atomic E-state index is 9.34. The van der Waals surface area contributed by atoms with Gasteiger partial charge in [0.25, 0.3) is 0 Å². The van der Waals surface area contributed by atoms with E-state index in [0.29, 0.717) is 28.0 Å². The number of nitrogens with zero attached hydrogens (tertiary/aromatic N) is 1. The summed E-state index contributed by atoms with van der Waals surface area (Å²) < 4.78 is 11.7. The van der Waals surface area contributed by atoms with Gasteiger partial charge in [-0.25, -0.2) is 4.98 Å². The molecule has 0 aliphatic heterocycles. The van der Waals surface area contributed by atoms with Crippen LogP contribution < -0.4 is 0 Å². The molecule has 120 valence electrons. The summed E-state index contributed by atoms with van der Waals surface area (Å²) in [5, 5.41) is 9.47. The summed E-state index contributed by atoms with van der Waals surface area (Å²) in [4.78, 5) is 4.37. The summed E-state index contributed by atoms with van der Waals surface area (Å²) in [6.07, 6.45) is 0.478. The standard InChI is InChI=1S/C17H25NO3Si/c1-11(2)17(4,5)22-21-15(8-9-19)13-6-7-16-14(10-13)18-12(3)20-16/h6-7,10-11,15,19H,8-9H2,1-5H3/t15-/m0/s1. The Labute approximate surface area is 134 Å². The molecule has 0 saturated carbocycles. The third-order valence-electron chi connectivity index (χ3n) is 4.19. The van der Waals surface area contributed by atoms with Gasteiger partial charge in [0, 0.05) is 13.5 Å². The van der Waals surface area contributed by atoms with E-state index in [1.54, 1.807) is 0 Å². The van der Waals surface area contributed by atoms with Crippen molar-refractivity contribution in [2.24, 2.45) is 5.92 Å². The lowest BCUT2D eigenvalue weighted by molar-refractivity contribution is 0.153. The lowest BCUT2D eigenvalue weighted by Crippen LogP contribution is -2.24. The number of rotatable bonds is 7. The van der Waals surface area contributed by atoms with Gasteiger partial charge in [0.15, 0.2) is 11.5 Å². The number of aromatic nitrogens is 1. The minimum atomic E-state index is -0.109. The van der Waals surface area contributed by atoms with E-state index in [2.05, 4.69) is 32.7 Å². The molecule has 0 spiro atoms. The van der Waals surface area contributed by atoms with Crippen molar-refractivity contribution >= 4 is 20.9 Å². The van der Waals surface area contributed by atoms with Crippen LogP contribution in [0.2, 0.25) is 5.04 Å². The predicted octanol–water partition coefficient (Wildman–Crippen LogP) is 4.05. The Morgan fingerprint density at radius 3 is 2.73 bits per heavy atom. The molecule has 0 aliphatic rings. The molecule has 5 heteroatoms. The molecule has 1 heterocycles. The van der Waals surface area contributed by atoms with Crippen LogP contribution in [0.1, 0.15) is 51.7 Å². The molecular formula is C17H25NO3Si. The SMILES string of the molecule is Cc1nc2cc([C@H](CCO)O[Si]C(C)(C)C(C)C)ccc2o1. The number of aliphatic hydroxyl groups excluding tert-OH is 1. The number of hydrogen-bond acceptors (Lipinski definition) is 4. The highest BCUT2D eigenvalue weighted by Gasteiger charge is 2.27. The molecule has 0 amide bonds. The van der Waals surface area contributed by atoms with E-state index in [4.69, 9.17) is 8.84 Å². The van der Waals surface area contributed by atoms with Gasteiger partial charge in [0.2, 0.25) is 9.76 Å². The van der Waals surface area contributed by atoms with Crippen LogP contribution in [-0.2, 0) is 4.43 Å². The molecule has 0 bridgehead atoms. The van der Waals surface area contributed by atoms with Crippen LogP contribution in [0.3, 0.4) is 0 Å². The highest BCUT2D eigenvalue weighted by atomic mass is 28.2. The maximum Gasteiger partial charge on any atom is 0.237 e. The van der Waals surface area contributed by atoms with Crippen LogP contribution in [0.25, 0.3) is 11.1 Å². The van der Waals surface area contributed by atoms with Crippen LogP contribution in [0.5, 0.6) is 0 Å². The summed E-state index contributed by atoms with van der Waals surface area (Å²) in [5.74, 6) is 1.20. The number of aryl methyl sites for hydroxylation is 1. The zero-order valence-electron chi connectivity index (χ0n) is 14.0. The fourth-order valence-electron chi connectivity index (χ4n) is 2.01. The van der Waals surface area contributed by atoms with Gasteiger partial charge in [0.1, 0.15) is 5.52 Å². The Kier molecular flexibility index (Phi) is 5.42. The largest absolute Gasteiger partial charge is 0.441 e. The van der Waals surface area contributed by atoms with Crippen LogP contribution >= 0.6 is 0 Å². The van der Waals surface area contributed by atoms with E-state index >= 15 is 0 Å². The fourth-order valence-corrected chi connectivity index (χ4v) is 2.95. The van der Waals surface area contributed by atoms with Gasteiger partial charge in [-0.2, -0.15) is 0 Å². The number of aliphatic hydroxyl groups is 1. The van der Waals surface area contributed by atoms with Crippen molar-refractivity contribution in [2.75, 3.05) is 6.61 Å². The lowest BCUT2D eigenvalue weighted by Gasteiger charge is -2.29. The smallest absolute Gasteiger partial charge is 0.237 e. The van der Waals surface area contributed by atoms with Crippen LogP contribution in [0.4, 0.5) is 0 Å². The van der Waals surface area contributed by atoms with Gasteiger partial charge in [0.05, 0.1) is 6.10 Å². The average molecular weight is 319 g/mol. The van der Waals surface area contributed by atoms with Crippen LogP contribution in [-0.4, -0.2) is 26.5 Å². The van der Waals surface area contributed by atoms with Crippen molar-refractivity contribution in [3.8, 4) is 0 Å². The minimum absolute atomic E-state index is 0.104. The second-order valence-electron chi connectivity index (χ2n) is 6.56. The molecule has 1 atom stereocenters. The quantitative estimate of drug-likeness (QED) is 0.782. The first-order valence-corrected chi connectivity index (χ1v) is 8.65. The Bertz CT molecular complexity index is 621. The van der Waals surface area contributed by atoms with Gasteiger partial charge in [-0.05, 0) is 35.1 Å². The van der Waals surface area contributed by atoms with E-state index in [-0.39, 0.29) is 17.7 Å². The second kappa shape index (κ2) is 6.94. The summed E-state index contributed by atoms with van der Waals surface area (Å²) in [7, 11) is 0.382. The topological polar surface area (TPSA) is 55.5 Å². The zero-order valence-corrected chi connectivity index (χ0v) is 15.0. The fraction of sp³-hybridized carbons (Fsp3) is 0.588. The van der Waals surface area contributed by atoms with Crippen molar-refractivity contribution in [1.29, 1.82) is 0 Å². The molecule has 4 nitrogen and oxygen atoms in total. The maximum absolute atomic E-state index is 9.34. The predicted molar refractivity (Wildman–Crippen MR) is 88.9 cm³/mol. The normalized spacial score (nSPS) is 14.0. The summed E-state index contributed by atoms with van der Waals surface area (Å²) >= 11 is 0. The van der Waals surface area contributed by atoms with Crippen molar-refractivity contribution in [3.05, 3.63) is 29.7 Å². The first kappa shape index (κ1) is 17.2. The van der Waals surface area contributed by atoms with Gasteiger partial charge >= 0.3 is 0 Å². The van der Waals surface area contributed by atoms with Crippen LogP contribution in [0.15, 0.2) is 22.6 Å². The van der Waals surface area contributed by atoms with Gasteiger partial charge in [-0.3, -0.25) is 0 Å². The molecule has 1 aromatic heterocycles. The van der Waals surface area contributed by atoms with Crippen molar-refractivity contribution < 1.29 is 13.9 Å². The van der Waals surface area contributed by atoms with Crippen molar-refractivity contribution in [2.45, 2.75) is 52.2 Å². The molecule has 0 saturated heterocycles. The van der Waals surface area contributed by atoms with Crippen molar-refractivity contribution in [1.82, 2.24) is 4.98 Å². The zero-order chi connectivity index (χ0) is 16.3. The Morgan fingerprint density at radius 2 is 2.09 bits per heavy atom. The molecule has 0 unspecified atom stereocenters. The molecule has 1 N–H and O–H groups in total. The van der Waals surface area contributed by atoms with E-state index in [1.807, 2.05) is 25.1 Å². The van der Waals surface area contributed by atoms with E-state index in [9.17, 15) is 5.11 Å². The minimum Gasteiger partial charge on any atom is -0.441 e. The molecule has 0 aliphatic carbocycles. The molecule has 22 heavy (non-hydrogen) atoms. The summed E-state index contributed by atoms with van der Waals surface area (Å²) in [5.41, 5.74) is 2.67. The monoisotopic (exact) mass is 319 g/mol. The van der Waals surface area contributed by atoms with Gasteiger partial charge < -0.3 is 13.9 Å². The second-order valence-corrected chi connectivity index (χ2v) is 8.29. The molecule has 2 aromatic rings. The summed E-state index contributed by atoms with van der Waals surface area (Å²) in [6, 6.07) is 5.92. The summed E-state index contributed by atoms with van der Waals surface area (Å²) in [6.45, 7) is 10.8. The highest BCUT2D eigenvalue weighted by molar-refractivity contribution is 6.32. The Balaban J connectivity index is 2.18. The number of benzene rings is 1. The molecule has 2 rings (SSSR count). The van der Waals surface area contributed by atoms with E-state index in [0.717, 1.165) is 16.7 Å². The molecule has 0 fully saturated rings. The first-order chi connectivity index (χ1) is 10.3. The molecule has 1 aromatic carbocycles. The number of hydrogen-bond donors (Lipinski definition) is 1. The van der Waals surface area contributed by atoms with E-state index in [1.165, 1.54) is 0 Å². The van der Waals surface area contributed by atoms with Crippen LogP contribution in [0, 0.1) is 12.8 Å². The van der Waals surface area contributed by atoms with E-state index < -0.39 is 0 Å². The first-order valence-electron chi connectivity index (χ1n) is 7.74. The number of oxazole rings is 1. The highest BCUT2D eigenvalue weighted by Crippen LogP contribution is 2.35.